The normalized spacial score (nSPS) is 8.50. The molecule has 1 rings (SSSR count). The number of carboxylic acid groups (broad SMARTS) is 2. The molecular formula is C9H10Na2O5. The fraction of sp³-hybridized carbons (Fsp3) is 0.111. The molecule has 1 aromatic carbocycles. The van der Waals surface area contributed by atoms with E-state index in [1.807, 2.05) is 0 Å². The molecule has 0 saturated carbocycles. The number of phenols is 1. The molecule has 0 aliphatic rings. The third-order valence-electron chi connectivity index (χ3n) is 1.67. The molecule has 0 heterocycles. The van der Waals surface area contributed by atoms with Gasteiger partial charge in [0.25, 0.3) is 0 Å². The van der Waals surface area contributed by atoms with E-state index in [1.54, 1.807) is 0 Å². The molecule has 3 N–H and O–H groups in total. The van der Waals surface area contributed by atoms with Crippen LogP contribution in [-0.4, -0.2) is 27.3 Å². The number of aromatic hydroxyl groups is 1. The second-order valence-electron chi connectivity index (χ2n) is 2.72. The van der Waals surface area contributed by atoms with Crippen molar-refractivity contribution in [2.45, 2.75) is 6.42 Å². The molecule has 0 unspecified atom stereocenters. The van der Waals surface area contributed by atoms with E-state index in [-0.39, 0.29) is 78.8 Å². The van der Waals surface area contributed by atoms with Crippen molar-refractivity contribution in [3.8, 4) is 5.75 Å². The van der Waals surface area contributed by atoms with Gasteiger partial charge in [0.2, 0.25) is 0 Å². The Morgan fingerprint density at radius 3 is 2.19 bits per heavy atom. The Balaban J connectivity index is -0.000000245. The zero-order valence-corrected chi connectivity index (χ0v) is 13.1. The molecule has 0 aliphatic heterocycles. The number of aliphatic carboxylic acids is 1. The van der Waals surface area contributed by atoms with Crippen LogP contribution in [0.4, 0.5) is 0 Å². The maximum atomic E-state index is 10.5. The van der Waals surface area contributed by atoms with Gasteiger partial charge < -0.3 is 18.2 Å². The first kappa shape index (κ1) is 18.3. The molecule has 5 nitrogen and oxygen atoms in total. The summed E-state index contributed by atoms with van der Waals surface area (Å²) in [5, 5.41) is 26.3. The van der Waals surface area contributed by atoms with Gasteiger partial charge in [-0.15, -0.1) is 0 Å². The predicted octanol–water partition coefficient (Wildman–Crippen LogP) is -5.05. The topological polar surface area (TPSA) is 94.8 Å². The van der Waals surface area contributed by atoms with Crippen molar-refractivity contribution in [3.63, 3.8) is 0 Å². The largest absolute Gasteiger partial charge is 1.00 e. The standard InChI is InChI=1S/C9H8O5.2Na.2H/c10-7-2-1-5(9(13)14)3-6(7)4-8(11)12;;;;/h1-3,10H,4H2,(H,11,12)(H,13,14);;;;/q;2*+1;2*-1. The Labute approximate surface area is 139 Å². The summed E-state index contributed by atoms with van der Waals surface area (Å²) in [7, 11) is 0. The quantitative estimate of drug-likeness (QED) is 0.463. The van der Waals surface area contributed by atoms with Crippen LogP contribution in [0.25, 0.3) is 0 Å². The van der Waals surface area contributed by atoms with Crippen molar-refractivity contribution < 1.29 is 86.9 Å². The van der Waals surface area contributed by atoms with Crippen LogP contribution < -0.4 is 59.1 Å². The van der Waals surface area contributed by atoms with Crippen LogP contribution in [0.1, 0.15) is 18.8 Å². The van der Waals surface area contributed by atoms with Crippen molar-refractivity contribution in [2.75, 3.05) is 0 Å². The number of carboxylic acids is 2. The molecule has 0 amide bonds. The maximum Gasteiger partial charge on any atom is 1.00 e. The van der Waals surface area contributed by atoms with Crippen LogP contribution in [0.15, 0.2) is 18.2 Å². The van der Waals surface area contributed by atoms with Crippen LogP contribution in [0.5, 0.6) is 5.75 Å². The third kappa shape index (κ3) is 5.34. The smallest absolute Gasteiger partial charge is 1.00 e. The van der Waals surface area contributed by atoms with Crippen LogP contribution in [0, 0.1) is 0 Å². The monoisotopic (exact) mass is 244 g/mol. The second-order valence-corrected chi connectivity index (χ2v) is 2.72. The summed E-state index contributed by atoms with van der Waals surface area (Å²) in [6.07, 6.45) is -0.396. The number of hydrogen-bond acceptors (Lipinski definition) is 3. The molecule has 0 aromatic heterocycles. The van der Waals surface area contributed by atoms with Gasteiger partial charge in [0.05, 0.1) is 12.0 Å². The second kappa shape index (κ2) is 8.11. The maximum absolute atomic E-state index is 10.5. The number of hydrogen-bond donors (Lipinski definition) is 3. The van der Waals surface area contributed by atoms with Gasteiger partial charge in [-0.1, -0.05) is 0 Å². The van der Waals surface area contributed by atoms with Crippen LogP contribution in [0.2, 0.25) is 0 Å². The first-order valence-corrected chi connectivity index (χ1v) is 3.77. The van der Waals surface area contributed by atoms with Crippen molar-refractivity contribution in [1.29, 1.82) is 0 Å². The van der Waals surface area contributed by atoms with Gasteiger partial charge >= 0.3 is 71.1 Å². The Morgan fingerprint density at radius 2 is 1.75 bits per heavy atom. The first-order valence-electron chi connectivity index (χ1n) is 3.77. The number of aromatic carboxylic acids is 1. The zero-order chi connectivity index (χ0) is 10.7. The van der Waals surface area contributed by atoms with Gasteiger partial charge in [-0.3, -0.25) is 4.79 Å². The van der Waals surface area contributed by atoms with Gasteiger partial charge in [-0.05, 0) is 18.2 Å². The fourth-order valence-corrected chi connectivity index (χ4v) is 1.02. The van der Waals surface area contributed by atoms with Gasteiger partial charge in [0.15, 0.2) is 0 Å². The van der Waals surface area contributed by atoms with E-state index in [2.05, 4.69) is 0 Å². The molecular weight excluding hydrogens is 234 g/mol. The number of carbonyl (C=O) groups is 2. The van der Waals surface area contributed by atoms with Gasteiger partial charge in [0, 0.05) is 5.56 Å². The molecule has 0 radical (unpaired) electrons. The summed E-state index contributed by atoms with van der Waals surface area (Å²) in [5.41, 5.74) is 0.0523. The average Bonchev–Trinajstić information content (AvgIpc) is 2.07. The summed E-state index contributed by atoms with van der Waals surface area (Å²) in [6.45, 7) is 0. The van der Waals surface area contributed by atoms with Crippen molar-refractivity contribution in [3.05, 3.63) is 29.3 Å². The summed E-state index contributed by atoms with van der Waals surface area (Å²) in [4.78, 5) is 20.9. The van der Waals surface area contributed by atoms with Gasteiger partial charge in [-0.2, -0.15) is 0 Å². The Hall–Kier alpha value is -0.0400. The van der Waals surface area contributed by atoms with Crippen LogP contribution >= 0.6 is 0 Å². The number of benzene rings is 1. The molecule has 0 fully saturated rings. The van der Waals surface area contributed by atoms with E-state index in [0.717, 1.165) is 6.07 Å². The zero-order valence-electron chi connectivity index (χ0n) is 11.1. The minimum Gasteiger partial charge on any atom is -1.00 e. The summed E-state index contributed by atoms with van der Waals surface area (Å²) in [5.74, 6) is -2.49. The van der Waals surface area contributed by atoms with Gasteiger partial charge in [0.1, 0.15) is 5.75 Å². The number of phenolic OH excluding ortho intramolecular Hbond substituents is 1. The number of rotatable bonds is 3. The fourth-order valence-electron chi connectivity index (χ4n) is 1.02. The molecule has 16 heavy (non-hydrogen) atoms. The molecule has 0 spiro atoms. The van der Waals surface area contributed by atoms with Crippen LogP contribution in [-0.2, 0) is 11.2 Å². The van der Waals surface area contributed by atoms with E-state index >= 15 is 0 Å². The minimum absolute atomic E-state index is 0. The summed E-state index contributed by atoms with van der Waals surface area (Å²) in [6, 6.07) is 3.52. The molecule has 0 atom stereocenters. The average molecular weight is 244 g/mol. The molecule has 1 aromatic rings. The predicted molar refractivity (Wildman–Crippen MR) is 48.6 cm³/mol. The Morgan fingerprint density at radius 1 is 1.19 bits per heavy atom. The summed E-state index contributed by atoms with van der Waals surface area (Å²) >= 11 is 0. The Kier molecular flexibility index (Phi) is 9.29. The van der Waals surface area contributed by atoms with Crippen LogP contribution in [0.3, 0.4) is 0 Å². The minimum atomic E-state index is -1.16. The van der Waals surface area contributed by atoms with E-state index in [4.69, 9.17) is 10.2 Å². The van der Waals surface area contributed by atoms with Crippen molar-refractivity contribution in [2.24, 2.45) is 0 Å². The van der Waals surface area contributed by atoms with E-state index in [1.165, 1.54) is 12.1 Å². The molecule has 0 bridgehead atoms. The van der Waals surface area contributed by atoms with Crippen molar-refractivity contribution >= 4 is 11.9 Å². The third-order valence-corrected chi connectivity index (χ3v) is 1.67. The SMILES string of the molecule is O=C(O)Cc1cc(C(=O)O)ccc1O.[H-].[H-].[Na+].[Na+]. The summed E-state index contributed by atoms with van der Waals surface area (Å²) < 4.78 is 0. The molecule has 0 aliphatic carbocycles. The van der Waals surface area contributed by atoms with Gasteiger partial charge in [-0.25, -0.2) is 4.79 Å². The molecule has 0 saturated heterocycles. The van der Waals surface area contributed by atoms with E-state index in [9.17, 15) is 14.7 Å². The van der Waals surface area contributed by atoms with E-state index < -0.39 is 18.4 Å². The van der Waals surface area contributed by atoms with Crippen molar-refractivity contribution in [1.82, 2.24) is 0 Å². The van der Waals surface area contributed by atoms with E-state index in [0.29, 0.717) is 0 Å². The Bertz CT molecular complexity index is 401. The molecule has 7 heteroatoms. The first-order chi connectivity index (χ1) is 6.50. The molecule has 78 valence electrons.